The summed E-state index contributed by atoms with van der Waals surface area (Å²) in [6.45, 7) is 3.84. The second-order valence-corrected chi connectivity index (χ2v) is 4.20. The van der Waals surface area contributed by atoms with E-state index >= 15 is 0 Å². The highest BCUT2D eigenvalue weighted by atomic mass is 35.5. The van der Waals surface area contributed by atoms with Crippen molar-refractivity contribution >= 4 is 11.6 Å². The molecule has 3 heteroatoms. The molecule has 17 heavy (non-hydrogen) atoms. The Hall–Kier alpha value is -1.67. The van der Waals surface area contributed by atoms with Crippen LogP contribution in [0.1, 0.15) is 11.1 Å². The maximum atomic E-state index is 8.97. The van der Waals surface area contributed by atoms with Crippen LogP contribution in [-0.2, 0) is 0 Å². The minimum atomic E-state index is 0.150. The van der Waals surface area contributed by atoms with E-state index in [1.54, 1.807) is 24.3 Å². The van der Waals surface area contributed by atoms with Gasteiger partial charge in [0.15, 0.2) is 0 Å². The zero-order chi connectivity index (χ0) is 12.8. The van der Waals surface area contributed by atoms with Gasteiger partial charge in [-0.15, -0.1) is 0 Å². The third-order valence-electron chi connectivity index (χ3n) is 2.10. The Morgan fingerprint density at radius 3 is 1.94 bits per heavy atom. The van der Waals surface area contributed by atoms with E-state index in [1.165, 1.54) is 0 Å². The van der Waals surface area contributed by atoms with Crippen LogP contribution in [-0.4, -0.2) is 10.2 Å². The van der Waals surface area contributed by atoms with Gasteiger partial charge in [0.25, 0.3) is 0 Å². The number of halogens is 1. The van der Waals surface area contributed by atoms with Crippen molar-refractivity contribution in [1.29, 1.82) is 0 Å². The minimum Gasteiger partial charge on any atom is -0.508 e. The number of rotatable bonds is 0. The molecule has 0 aliphatic heterocycles. The van der Waals surface area contributed by atoms with E-state index in [9.17, 15) is 0 Å². The lowest BCUT2D eigenvalue weighted by Crippen LogP contribution is -1.70. The molecule has 0 aliphatic carbocycles. The number of phenolic OH excluding ortho intramolecular Hbond substituents is 2. The first kappa shape index (κ1) is 13.4. The van der Waals surface area contributed by atoms with Crippen LogP contribution >= 0.6 is 11.6 Å². The molecular formula is C14H15ClO2. The minimum absolute atomic E-state index is 0.150. The summed E-state index contributed by atoms with van der Waals surface area (Å²) >= 11 is 5.53. The van der Waals surface area contributed by atoms with E-state index in [4.69, 9.17) is 21.8 Å². The maximum Gasteiger partial charge on any atom is 0.134 e. The van der Waals surface area contributed by atoms with Gasteiger partial charge in [0, 0.05) is 0 Å². The van der Waals surface area contributed by atoms with Gasteiger partial charge in [-0.3, -0.25) is 0 Å². The van der Waals surface area contributed by atoms with Gasteiger partial charge in [-0.25, -0.2) is 0 Å². The first-order valence-corrected chi connectivity index (χ1v) is 5.57. The molecule has 0 saturated carbocycles. The van der Waals surface area contributed by atoms with Gasteiger partial charge in [0.1, 0.15) is 11.5 Å². The molecule has 2 N–H and O–H groups in total. The van der Waals surface area contributed by atoms with Crippen molar-refractivity contribution in [3.05, 3.63) is 58.6 Å². The average Bonchev–Trinajstić information content (AvgIpc) is 2.24. The second kappa shape index (κ2) is 6.16. The van der Waals surface area contributed by atoms with E-state index in [1.807, 2.05) is 32.0 Å². The summed E-state index contributed by atoms with van der Waals surface area (Å²) in [5.74, 6) is 0.488. The topological polar surface area (TPSA) is 40.5 Å². The molecule has 2 aromatic rings. The van der Waals surface area contributed by atoms with Gasteiger partial charge in [0.05, 0.1) is 5.02 Å². The van der Waals surface area contributed by atoms with Crippen molar-refractivity contribution in [3.63, 3.8) is 0 Å². The molecule has 0 amide bonds. The number of hydrogen-bond donors (Lipinski definition) is 2. The summed E-state index contributed by atoms with van der Waals surface area (Å²) in [5.41, 5.74) is 2.10. The molecule has 2 nitrogen and oxygen atoms in total. The lowest BCUT2D eigenvalue weighted by Gasteiger charge is -1.95. The average molecular weight is 251 g/mol. The Balaban J connectivity index is 0.000000171. The van der Waals surface area contributed by atoms with Crippen molar-refractivity contribution in [2.75, 3.05) is 0 Å². The Morgan fingerprint density at radius 2 is 1.53 bits per heavy atom. The van der Waals surface area contributed by atoms with Crippen LogP contribution in [0.4, 0.5) is 0 Å². The number of phenols is 2. The van der Waals surface area contributed by atoms with E-state index in [0.29, 0.717) is 10.8 Å². The third kappa shape index (κ3) is 4.79. The monoisotopic (exact) mass is 250 g/mol. The highest BCUT2D eigenvalue weighted by Crippen LogP contribution is 2.22. The highest BCUT2D eigenvalue weighted by molar-refractivity contribution is 6.31. The quantitative estimate of drug-likeness (QED) is 0.740. The third-order valence-corrected chi connectivity index (χ3v) is 2.42. The van der Waals surface area contributed by atoms with Gasteiger partial charge in [-0.2, -0.15) is 0 Å². The number of benzene rings is 2. The SMILES string of the molecule is Cc1ccc(Cl)c(O)c1.Cc1cccc(O)c1. The summed E-state index contributed by atoms with van der Waals surface area (Å²) in [6, 6.07) is 12.3. The lowest BCUT2D eigenvalue weighted by atomic mass is 10.2. The fraction of sp³-hybridized carbons (Fsp3) is 0.143. The van der Waals surface area contributed by atoms with E-state index in [-0.39, 0.29) is 5.75 Å². The molecule has 90 valence electrons. The molecule has 2 rings (SSSR count). The van der Waals surface area contributed by atoms with Crippen LogP contribution in [0.15, 0.2) is 42.5 Å². The van der Waals surface area contributed by atoms with Crippen molar-refractivity contribution in [2.24, 2.45) is 0 Å². The van der Waals surface area contributed by atoms with Crippen LogP contribution in [0, 0.1) is 13.8 Å². The highest BCUT2D eigenvalue weighted by Gasteiger charge is 1.94. The summed E-state index contributed by atoms with van der Waals surface area (Å²) in [5, 5.41) is 18.2. The zero-order valence-electron chi connectivity index (χ0n) is 9.81. The van der Waals surface area contributed by atoms with Crippen LogP contribution in [0.3, 0.4) is 0 Å². The van der Waals surface area contributed by atoms with Crippen molar-refractivity contribution in [2.45, 2.75) is 13.8 Å². The van der Waals surface area contributed by atoms with Crippen LogP contribution < -0.4 is 0 Å². The Morgan fingerprint density at radius 1 is 0.882 bits per heavy atom. The molecule has 0 fully saturated rings. The van der Waals surface area contributed by atoms with Gasteiger partial charge in [-0.1, -0.05) is 29.8 Å². The summed E-state index contributed by atoms with van der Waals surface area (Å²) in [4.78, 5) is 0. The summed E-state index contributed by atoms with van der Waals surface area (Å²) in [6.07, 6.45) is 0. The van der Waals surface area contributed by atoms with Gasteiger partial charge < -0.3 is 10.2 Å². The Labute approximate surface area is 106 Å². The molecule has 0 bridgehead atoms. The van der Waals surface area contributed by atoms with Crippen LogP contribution in [0.5, 0.6) is 11.5 Å². The fourth-order valence-electron chi connectivity index (χ4n) is 1.25. The fourth-order valence-corrected chi connectivity index (χ4v) is 1.37. The molecular weight excluding hydrogens is 236 g/mol. The summed E-state index contributed by atoms with van der Waals surface area (Å²) in [7, 11) is 0. The molecule has 0 saturated heterocycles. The van der Waals surface area contributed by atoms with Crippen LogP contribution in [0.25, 0.3) is 0 Å². The molecule has 0 spiro atoms. The predicted octanol–water partition coefficient (Wildman–Crippen LogP) is 4.05. The summed E-state index contributed by atoms with van der Waals surface area (Å²) < 4.78 is 0. The Bertz CT molecular complexity index is 478. The molecule has 0 aliphatic rings. The van der Waals surface area contributed by atoms with E-state index in [2.05, 4.69) is 0 Å². The maximum absolute atomic E-state index is 8.97. The van der Waals surface area contributed by atoms with Gasteiger partial charge >= 0.3 is 0 Å². The molecule has 0 heterocycles. The van der Waals surface area contributed by atoms with Gasteiger partial charge in [0.2, 0.25) is 0 Å². The van der Waals surface area contributed by atoms with Crippen LogP contribution in [0.2, 0.25) is 5.02 Å². The van der Waals surface area contributed by atoms with Crippen molar-refractivity contribution in [1.82, 2.24) is 0 Å². The van der Waals surface area contributed by atoms with E-state index in [0.717, 1.165) is 11.1 Å². The number of hydrogen-bond acceptors (Lipinski definition) is 2. The Kier molecular flexibility index (Phi) is 4.85. The first-order valence-electron chi connectivity index (χ1n) is 5.20. The van der Waals surface area contributed by atoms with Crippen molar-refractivity contribution < 1.29 is 10.2 Å². The zero-order valence-corrected chi connectivity index (χ0v) is 10.6. The number of aromatic hydroxyl groups is 2. The normalized spacial score (nSPS) is 9.35. The molecule has 0 radical (unpaired) electrons. The molecule has 0 unspecified atom stereocenters. The lowest BCUT2D eigenvalue weighted by molar-refractivity contribution is 0.474. The first-order chi connectivity index (χ1) is 7.99. The molecule has 0 atom stereocenters. The standard InChI is InChI=1S/C7H7ClO.C7H8O/c1-5-2-3-6(8)7(9)4-5;1-6-3-2-4-7(8)5-6/h2-4,9H,1H3;2-5,8H,1H3. The van der Waals surface area contributed by atoms with Gasteiger partial charge in [-0.05, 0) is 49.2 Å². The van der Waals surface area contributed by atoms with E-state index < -0.39 is 0 Å². The largest absolute Gasteiger partial charge is 0.508 e. The predicted molar refractivity (Wildman–Crippen MR) is 70.7 cm³/mol. The van der Waals surface area contributed by atoms with Crippen molar-refractivity contribution in [3.8, 4) is 11.5 Å². The number of aryl methyl sites for hydroxylation is 2. The smallest absolute Gasteiger partial charge is 0.134 e. The second-order valence-electron chi connectivity index (χ2n) is 3.79. The molecule has 2 aromatic carbocycles. The molecule has 0 aromatic heterocycles.